The summed E-state index contributed by atoms with van der Waals surface area (Å²) in [7, 11) is 0. The van der Waals surface area contributed by atoms with Crippen molar-refractivity contribution in [2.45, 2.75) is 69.2 Å². The van der Waals surface area contributed by atoms with Gasteiger partial charge in [0.1, 0.15) is 53.0 Å². The molecule has 0 bridgehead atoms. The van der Waals surface area contributed by atoms with E-state index in [2.05, 4.69) is 0 Å². The third-order valence-electron chi connectivity index (χ3n) is 7.83. The molecule has 240 valence electrons. The van der Waals surface area contributed by atoms with Gasteiger partial charge in [0.05, 0.1) is 18.8 Å². The predicted octanol–water partition coefficient (Wildman–Crippen LogP) is -0.706. The van der Waals surface area contributed by atoms with Crippen LogP contribution in [-0.4, -0.2) is 113 Å². The van der Waals surface area contributed by atoms with Gasteiger partial charge in [-0.1, -0.05) is 6.92 Å². The van der Waals surface area contributed by atoms with Crippen LogP contribution < -0.4 is 10.2 Å². The van der Waals surface area contributed by atoms with Crippen molar-refractivity contribution in [3.63, 3.8) is 0 Å². The highest BCUT2D eigenvalue weighted by Crippen LogP contribution is 2.43. The highest BCUT2D eigenvalue weighted by Gasteiger charge is 2.47. The minimum Gasteiger partial charge on any atom is -0.508 e. The zero-order chi connectivity index (χ0) is 32.2. The fraction of sp³-hybridized carbons (Fsp3) is 0.464. The van der Waals surface area contributed by atoms with Gasteiger partial charge in [-0.05, 0) is 19.1 Å². The smallest absolute Gasteiger partial charge is 0.239 e. The van der Waals surface area contributed by atoms with Crippen LogP contribution in [0.2, 0.25) is 0 Å². The first kappa shape index (κ1) is 31.6. The first-order valence-electron chi connectivity index (χ1n) is 13.5. The van der Waals surface area contributed by atoms with Gasteiger partial charge in [0.15, 0.2) is 29.3 Å². The Morgan fingerprint density at radius 2 is 1.39 bits per heavy atom. The molecule has 3 aromatic rings. The van der Waals surface area contributed by atoms with Crippen molar-refractivity contribution >= 4 is 11.0 Å². The second-order valence-corrected chi connectivity index (χ2v) is 10.8. The number of hydrogen-bond donors (Lipinski definition) is 10. The molecule has 0 amide bonds. The number of hydrogen-bond acceptors (Lipinski definition) is 16. The van der Waals surface area contributed by atoms with Crippen molar-refractivity contribution < 1.29 is 74.4 Å². The highest BCUT2D eigenvalue weighted by atomic mass is 16.7. The summed E-state index contributed by atoms with van der Waals surface area (Å²) in [6.07, 6.45) is -13.6. The van der Waals surface area contributed by atoms with E-state index in [4.69, 9.17) is 23.4 Å². The molecule has 0 saturated carbocycles. The van der Waals surface area contributed by atoms with E-state index in [1.54, 1.807) is 13.8 Å². The van der Waals surface area contributed by atoms with Crippen LogP contribution in [0.25, 0.3) is 22.3 Å². The largest absolute Gasteiger partial charge is 0.508 e. The van der Waals surface area contributed by atoms with Crippen LogP contribution in [0, 0.1) is 5.92 Å². The van der Waals surface area contributed by atoms with Crippen molar-refractivity contribution in [2.24, 2.45) is 5.92 Å². The lowest BCUT2D eigenvalue weighted by Crippen LogP contribution is -2.61. The summed E-state index contributed by atoms with van der Waals surface area (Å²) in [5, 5.41) is 102. The number of ether oxygens (including phenoxy) is 4. The Morgan fingerprint density at radius 3 is 2.05 bits per heavy atom. The van der Waals surface area contributed by atoms with Crippen molar-refractivity contribution in [2.75, 3.05) is 6.61 Å². The maximum Gasteiger partial charge on any atom is 0.239 e. The lowest BCUT2D eigenvalue weighted by atomic mass is 9.92. The number of benzene rings is 2. The van der Waals surface area contributed by atoms with E-state index in [1.165, 1.54) is 0 Å². The summed E-state index contributed by atoms with van der Waals surface area (Å²) < 4.78 is 28.1. The Bertz CT molecular complexity index is 1570. The predicted molar refractivity (Wildman–Crippen MR) is 145 cm³/mol. The number of phenolic OH excluding ortho intramolecular Hbond substituents is 5. The first-order valence-corrected chi connectivity index (χ1v) is 13.5. The molecular formula is C28H32O16. The number of phenols is 5. The van der Waals surface area contributed by atoms with Gasteiger partial charge >= 0.3 is 0 Å². The number of aromatic hydroxyl groups is 5. The summed E-state index contributed by atoms with van der Waals surface area (Å²) >= 11 is 0. The van der Waals surface area contributed by atoms with Gasteiger partial charge in [-0.25, -0.2) is 0 Å². The van der Waals surface area contributed by atoms with E-state index >= 15 is 0 Å². The zero-order valence-corrected chi connectivity index (χ0v) is 23.2. The molecule has 44 heavy (non-hydrogen) atoms. The van der Waals surface area contributed by atoms with Crippen LogP contribution in [0.1, 0.15) is 13.8 Å². The molecule has 3 heterocycles. The quantitative estimate of drug-likeness (QED) is 0.152. The summed E-state index contributed by atoms with van der Waals surface area (Å²) in [6, 6.07) is 3.63. The molecule has 0 aliphatic carbocycles. The normalized spacial score (nSPS) is 32.5. The molecule has 16 nitrogen and oxygen atoms in total. The minimum absolute atomic E-state index is 0.245. The van der Waals surface area contributed by atoms with Crippen LogP contribution in [0.3, 0.4) is 0 Å². The van der Waals surface area contributed by atoms with E-state index in [1.807, 2.05) is 0 Å². The number of aliphatic hydroxyl groups excluding tert-OH is 5. The molecule has 2 aromatic carbocycles. The second kappa shape index (κ2) is 11.9. The molecule has 16 heteroatoms. The number of fused-ring (bicyclic) bond motifs is 1. The van der Waals surface area contributed by atoms with Crippen molar-refractivity contribution in [1.29, 1.82) is 0 Å². The zero-order valence-electron chi connectivity index (χ0n) is 23.2. The fourth-order valence-corrected chi connectivity index (χ4v) is 5.06. The summed E-state index contributed by atoms with van der Waals surface area (Å²) in [5.41, 5.74) is -1.68. The van der Waals surface area contributed by atoms with E-state index in [0.29, 0.717) is 0 Å². The third kappa shape index (κ3) is 5.57. The number of rotatable bonds is 6. The Labute approximate surface area is 247 Å². The summed E-state index contributed by atoms with van der Waals surface area (Å²) in [4.78, 5) is 13.6. The summed E-state index contributed by atoms with van der Waals surface area (Å²) in [5.74, 6) is -5.45. The molecule has 10 unspecified atom stereocenters. The molecule has 2 aliphatic rings. The van der Waals surface area contributed by atoms with Crippen LogP contribution in [0.5, 0.6) is 34.5 Å². The maximum atomic E-state index is 13.6. The van der Waals surface area contributed by atoms with Crippen LogP contribution in [0.15, 0.2) is 33.5 Å². The Kier molecular flexibility index (Phi) is 8.54. The molecule has 10 N–H and O–H groups in total. The van der Waals surface area contributed by atoms with Crippen LogP contribution >= 0.6 is 0 Å². The Balaban J connectivity index is 1.50. The molecule has 0 spiro atoms. The van der Waals surface area contributed by atoms with E-state index in [-0.39, 0.29) is 11.1 Å². The SMILES string of the molecule is CC1OC(OCC2OC(Oc3c(-c4cc(O)c(O)c(O)c4)oc4cc(O)cc(O)c4c3=O)C(O)C(O)C2O)C(O)C(O)C1C. The van der Waals surface area contributed by atoms with Crippen LogP contribution in [0.4, 0.5) is 0 Å². The lowest BCUT2D eigenvalue weighted by molar-refractivity contribution is -0.313. The molecule has 1 aromatic heterocycles. The highest BCUT2D eigenvalue weighted by molar-refractivity contribution is 5.88. The molecule has 10 atom stereocenters. The Hall–Kier alpha value is -3.87. The standard InChI is InChI=1S/C28H32O16/c1-8-9(2)41-27(23(38)18(8)33)40-7-16-20(35)22(37)24(39)28(43-16)44-26-21(36)17-12(30)5-11(29)6-15(17)42-25(26)10-3-13(31)19(34)14(32)4-10/h3-6,8-9,16,18,20,22-24,27-35,37-39H,7H2,1-2H3. The molecule has 2 fully saturated rings. The van der Waals surface area contributed by atoms with Crippen molar-refractivity contribution in [1.82, 2.24) is 0 Å². The van der Waals surface area contributed by atoms with Gasteiger partial charge in [-0.2, -0.15) is 0 Å². The molecule has 2 aliphatic heterocycles. The van der Waals surface area contributed by atoms with E-state index in [9.17, 15) is 55.9 Å². The van der Waals surface area contributed by atoms with Crippen LogP contribution in [-0.2, 0) is 14.2 Å². The fourth-order valence-electron chi connectivity index (χ4n) is 5.06. The van der Waals surface area contributed by atoms with E-state index < -0.39 is 119 Å². The number of aliphatic hydroxyl groups is 5. The minimum atomic E-state index is -1.99. The lowest BCUT2D eigenvalue weighted by Gasteiger charge is -2.42. The van der Waals surface area contributed by atoms with E-state index in [0.717, 1.165) is 24.3 Å². The molecule has 2 saturated heterocycles. The average molecular weight is 625 g/mol. The maximum absolute atomic E-state index is 13.6. The Morgan fingerprint density at radius 1 is 0.750 bits per heavy atom. The molecular weight excluding hydrogens is 592 g/mol. The van der Waals surface area contributed by atoms with Gasteiger partial charge in [0, 0.05) is 23.6 Å². The van der Waals surface area contributed by atoms with Crippen molar-refractivity contribution in [3.05, 3.63) is 34.5 Å². The van der Waals surface area contributed by atoms with Gasteiger partial charge in [-0.15, -0.1) is 0 Å². The van der Waals surface area contributed by atoms with Gasteiger partial charge in [-0.3, -0.25) is 4.79 Å². The van der Waals surface area contributed by atoms with Gasteiger partial charge < -0.3 is 74.4 Å². The molecule has 5 rings (SSSR count). The second-order valence-electron chi connectivity index (χ2n) is 10.8. The average Bonchev–Trinajstić information content (AvgIpc) is 2.97. The van der Waals surface area contributed by atoms with Crippen molar-refractivity contribution in [3.8, 4) is 45.8 Å². The summed E-state index contributed by atoms with van der Waals surface area (Å²) in [6.45, 7) is 2.77. The first-order chi connectivity index (χ1) is 20.7. The third-order valence-corrected chi connectivity index (χ3v) is 7.83. The van der Waals surface area contributed by atoms with Gasteiger partial charge in [0.2, 0.25) is 17.5 Å². The monoisotopic (exact) mass is 624 g/mol. The van der Waals surface area contributed by atoms with Gasteiger partial charge in [0.25, 0.3) is 0 Å². The molecule has 0 radical (unpaired) electrons. The topological polar surface area (TPSA) is 269 Å².